The maximum atomic E-state index is 13.6. The fourth-order valence-electron chi connectivity index (χ4n) is 3.86. The number of hydrogen-bond acceptors (Lipinski definition) is 3. The minimum atomic E-state index is -1.01. The van der Waals surface area contributed by atoms with E-state index in [1.165, 1.54) is 17.0 Å². The van der Waals surface area contributed by atoms with Crippen LogP contribution in [0.2, 0.25) is 0 Å². The molecule has 0 fully saturated rings. The Bertz CT molecular complexity index is 1110. The van der Waals surface area contributed by atoms with E-state index in [4.69, 9.17) is 0 Å². The van der Waals surface area contributed by atoms with Gasteiger partial charge in [0, 0.05) is 20.0 Å². The maximum Gasteiger partial charge on any atom is 0.262 e. The largest absolute Gasteiger partial charge is 0.340 e. The van der Waals surface area contributed by atoms with Crippen molar-refractivity contribution in [2.75, 3.05) is 7.05 Å². The average molecular weight is 416 g/mol. The van der Waals surface area contributed by atoms with Crippen LogP contribution in [0.1, 0.15) is 31.8 Å². The van der Waals surface area contributed by atoms with E-state index in [1.54, 1.807) is 43.4 Å². The Balaban J connectivity index is 1.65. The van der Waals surface area contributed by atoms with Crippen LogP contribution in [0.5, 0.6) is 0 Å². The minimum Gasteiger partial charge on any atom is -0.340 e. The van der Waals surface area contributed by atoms with Crippen LogP contribution >= 0.6 is 0 Å². The molecule has 5 nitrogen and oxygen atoms in total. The highest BCUT2D eigenvalue weighted by atomic mass is 19.1. The number of carbonyl (C=O) groups excluding carboxylic acids is 3. The number of rotatable bonds is 6. The molecule has 0 saturated carbocycles. The van der Waals surface area contributed by atoms with Crippen LogP contribution in [0.15, 0.2) is 78.9 Å². The molecule has 0 aliphatic carbocycles. The summed E-state index contributed by atoms with van der Waals surface area (Å²) in [5, 5.41) is 0. The highest BCUT2D eigenvalue weighted by Gasteiger charge is 2.43. The molecule has 3 amide bonds. The van der Waals surface area contributed by atoms with Gasteiger partial charge in [0.2, 0.25) is 5.91 Å². The lowest BCUT2D eigenvalue weighted by molar-refractivity contribution is -0.134. The molecule has 0 spiro atoms. The molecular formula is C25H21FN2O3. The van der Waals surface area contributed by atoms with Crippen LogP contribution in [-0.2, 0) is 17.8 Å². The molecule has 1 aliphatic rings. The molecule has 3 aromatic carbocycles. The second kappa shape index (κ2) is 8.52. The molecule has 6 heteroatoms. The Kier molecular flexibility index (Phi) is 5.62. The van der Waals surface area contributed by atoms with Crippen molar-refractivity contribution in [3.63, 3.8) is 0 Å². The van der Waals surface area contributed by atoms with E-state index in [0.29, 0.717) is 16.7 Å². The third kappa shape index (κ3) is 4.10. The Labute approximate surface area is 179 Å². The van der Waals surface area contributed by atoms with Gasteiger partial charge in [-0.15, -0.1) is 0 Å². The van der Waals surface area contributed by atoms with Gasteiger partial charge >= 0.3 is 0 Å². The van der Waals surface area contributed by atoms with E-state index in [9.17, 15) is 18.8 Å². The van der Waals surface area contributed by atoms with Crippen LogP contribution in [0.3, 0.4) is 0 Å². The summed E-state index contributed by atoms with van der Waals surface area (Å²) in [6.45, 7) is 0.158. The smallest absolute Gasteiger partial charge is 0.262 e. The Morgan fingerprint density at radius 2 is 1.45 bits per heavy atom. The third-order valence-corrected chi connectivity index (χ3v) is 5.38. The van der Waals surface area contributed by atoms with Gasteiger partial charge in [0.1, 0.15) is 11.9 Å². The summed E-state index contributed by atoms with van der Waals surface area (Å²) in [4.78, 5) is 42.0. The topological polar surface area (TPSA) is 57.7 Å². The summed E-state index contributed by atoms with van der Waals surface area (Å²) in [5.74, 6) is -1.73. The zero-order chi connectivity index (χ0) is 22.0. The van der Waals surface area contributed by atoms with E-state index in [2.05, 4.69) is 0 Å². The normalized spacial score (nSPS) is 13.8. The van der Waals surface area contributed by atoms with Crippen molar-refractivity contribution < 1.29 is 18.8 Å². The number of carbonyl (C=O) groups is 3. The van der Waals surface area contributed by atoms with E-state index in [-0.39, 0.29) is 24.7 Å². The average Bonchev–Trinajstić information content (AvgIpc) is 3.03. The van der Waals surface area contributed by atoms with Gasteiger partial charge in [-0.3, -0.25) is 19.3 Å². The SMILES string of the molecule is CN(Cc1cccc(F)c1)C(=O)[C@H](Cc1ccccc1)N1C(=O)c2ccccc2C1=O. The molecule has 1 aliphatic heterocycles. The first-order valence-electron chi connectivity index (χ1n) is 9.96. The van der Waals surface area contributed by atoms with Crippen molar-refractivity contribution >= 4 is 17.7 Å². The standard InChI is InChI=1S/C25H21FN2O3/c1-27(16-18-10-7-11-19(26)14-18)25(31)22(15-17-8-3-2-4-9-17)28-23(29)20-12-5-6-13-21(20)24(28)30/h2-14,22H,15-16H2,1H3/t22-/m0/s1. The Morgan fingerprint density at radius 3 is 2.06 bits per heavy atom. The fourth-order valence-corrected chi connectivity index (χ4v) is 3.86. The first-order valence-corrected chi connectivity index (χ1v) is 9.96. The zero-order valence-corrected chi connectivity index (χ0v) is 17.0. The van der Waals surface area contributed by atoms with Crippen molar-refractivity contribution in [2.45, 2.75) is 19.0 Å². The number of hydrogen-bond donors (Lipinski definition) is 0. The monoisotopic (exact) mass is 416 g/mol. The first kappa shape index (κ1) is 20.5. The lowest BCUT2D eigenvalue weighted by atomic mass is 10.0. The summed E-state index contributed by atoms with van der Waals surface area (Å²) >= 11 is 0. The minimum absolute atomic E-state index is 0.158. The molecule has 4 rings (SSSR count). The van der Waals surface area contributed by atoms with Gasteiger partial charge in [-0.1, -0.05) is 54.6 Å². The molecular weight excluding hydrogens is 395 g/mol. The molecule has 0 aromatic heterocycles. The molecule has 0 unspecified atom stereocenters. The van der Waals surface area contributed by atoms with Crippen molar-refractivity contribution in [1.29, 1.82) is 0 Å². The Hall–Kier alpha value is -3.80. The molecule has 0 bridgehead atoms. The number of imide groups is 1. The molecule has 31 heavy (non-hydrogen) atoms. The first-order chi connectivity index (χ1) is 15.0. The van der Waals surface area contributed by atoms with Crippen LogP contribution in [0, 0.1) is 5.82 Å². The molecule has 0 saturated heterocycles. The van der Waals surface area contributed by atoms with Gasteiger partial charge in [0.15, 0.2) is 0 Å². The van der Waals surface area contributed by atoms with Gasteiger partial charge in [0.05, 0.1) is 11.1 Å². The highest BCUT2D eigenvalue weighted by molar-refractivity contribution is 6.22. The van der Waals surface area contributed by atoms with Gasteiger partial charge in [-0.25, -0.2) is 4.39 Å². The fraction of sp³-hybridized carbons (Fsp3) is 0.160. The van der Waals surface area contributed by atoms with Crippen molar-refractivity contribution in [1.82, 2.24) is 9.80 Å². The number of benzene rings is 3. The number of fused-ring (bicyclic) bond motifs is 1. The van der Waals surface area contributed by atoms with Crippen molar-refractivity contribution in [2.24, 2.45) is 0 Å². The second-order valence-corrected chi connectivity index (χ2v) is 7.56. The van der Waals surface area contributed by atoms with Gasteiger partial charge in [-0.2, -0.15) is 0 Å². The van der Waals surface area contributed by atoms with Crippen LogP contribution in [0.25, 0.3) is 0 Å². The molecule has 0 N–H and O–H groups in total. The summed E-state index contributed by atoms with van der Waals surface area (Å²) in [6, 6.07) is 20.8. The van der Waals surface area contributed by atoms with E-state index < -0.39 is 17.9 Å². The molecule has 156 valence electrons. The molecule has 1 heterocycles. The second-order valence-electron chi connectivity index (χ2n) is 7.56. The van der Waals surface area contributed by atoms with Gasteiger partial charge in [-0.05, 0) is 35.4 Å². The summed E-state index contributed by atoms with van der Waals surface area (Å²) in [6.07, 6.45) is 0.193. The number of amides is 3. The molecule has 0 radical (unpaired) electrons. The quantitative estimate of drug-likeness (QED) is 0.576. The summed E-state index contributed by atoms with van der Waals surface area (Å²) < 4.78 is 13.6. The zero-order valence-electron chi connectivity index (χ0n) is 17.0. The highest BCUT2D eigenvalue weighted by Crippen LogP contribution is 2.27. The summed E-state index contributed by atoms with van der Waals surface area (Å²) in [5.41, 5.74) is 2.05. The number of nitrogens with zero attached hydrogens (tertiary/aromatic N) is 2. The molecule has 1 atom stereocenters. The van der Waals surface area contributed by atoms with Crippen LogP contribution in [0.4, 0.5) is 4.39 Å². The number of likely N-dealkylation sites (N-methyl/N-ethyl adjacent to an activating group) is 1. The van der Waals surface area contributed by atoms with Gasteiger partial charge < -0.3 is 4.90 Å². The maximum absolute atomic E-state index is 13.6. The van der Waals surface area contributed by atoms with Crippen molar-refractivity contribution in [3.05, 3.63) is 107 Å². The van der Waals surface area contributed by atoms with E-state index >= 15 is 0 Å². The summed E-state index contributed by atoms with van der Waals surface area (Å²) in [7, 11) is 1.59. The number of halogens is 1. The van der Waals surface area contributed by atoms with Crippen LogP contribution in [-0.4, -0.2) is 40.6 Å². The van der Waals surface area contributed by atoms with Gasteiger partial charge in [0.25, 0.3) is 11.8 Å². The van der Waals surface area contributed by atoms with Crippen LogP contribution < -0.4 is 0 Å². The van der Waals surface area contributed by atoms with E-state index in [0.717, 1.165) is 10.5 Å². The lowest BCUT2D eigenvalue weighted by Crippen LogP contribution is -2.51. The van der Waals surface area contributed by atoms with E-state index in [1.807, 2.05) is 30.3 Å². The third-order valence-electron chi connectivity index (χ3n) is 5.38. The predicted molar refractivity (Wildman–Crippen MR) is 114 cm³/mol. The molecule has 3 aromatic rings. The Morgan fingerprint density at radius 1 is 0.871 bits per heavy atom. The predicted octanol–water partition coefficient (Wildman–Crippen LogP) is 3.69. The van der Waals surface area contributed by atoms with Crippen molar-refractivity contribution in [3.8, 4) is 0 Å². The lowest BCUT2D eigenvalue weighted by Gasteiger charge is -2.29.